The Morgan fingerprint density at radius 2 is 1.91 bits per heavy atom. The van der Waals surface area contributed by atoms with Crippen LogP contribution < -0.4 is 15.8 Å². The van der Waals surface area contributed by atoms with Crippen molar-refractivity contribution in [3.63, 3.8) is 0 Å². The van der Waals surface area contributed by atoms with Crippen LogP contribution in [0.3, 0.4) is 0 Å². The summed E-state index contributed by atoms with van der Waals surface area (Å²) in [5.74, 6) is 0.226. The SMILES string of the molecule is CCCOc1ccc(C(=O)Nc2cccc(C(C)=O)c2)cc1N. The standard InChI is InChI=1S/C18H20N2O3/c1-3-9-23-17-8-7-14(11-16(17)19)18(22)20-15-6-4-5-13(10-15)12(2)21/h4-8,10-11H,3,9,19H2,1-2H3,(H,20,22). The largest absolute Gasteiger partial charge is 0.491 e. The minimum atomic E-state index is -0.292. The van der Waals surface area contributed by atoms with Gasteiger partial charge in [0.1, 0.15) is 5.75 Å². The quantitative estimate of drug-likeness (QED) is 0.631. The number of amides is 1. The Bertz CT molecular complexity index is 726. The number of hydrogen-bond acceptors (Lipinski definition) is 4. The molecule has 5 heteroatoms. The first-order valence-corrected chi connectivity index (χ1v) is 7.46. The molecule has 5 nitrogen and oxygen atoms in total. The first-order chi connectivity index (χ1) is 11.0. The maximum Gasteiger partial charge on any atom is 0.255 e. The molecule has 1 amide bonds. The van der Waals surface area contributed by atoms with Gasteiger partial charge in [-0.2, -0.15) is 0 Å². The van der Waals surface area contributed by atoms with Crippen LogP contribution in [0.25, 0.3) is 0 Å². The third-order valence-electron chi connectivity index (χ3n) is 3.26. The van der Waals surface area contributed by atoms with Crippen molar-refractivity contribution >= 4 is 23.1 Å². The lowest BCUT2D eigenvalue weighted by Crippen LogP contribution is -2.13. The van der Waals surface area contributed by atoms with E-state index >= 15 is 0 Å². The molecule has 2 rings (SSSR count). The lowest BCUT2D eigenvalue weighted by molar-refractivity contribution is 0.101. The van der Waals surface area contributed by atoms with E-state index in [0.29, 0.717) is 34.9 Å². The Morgan fingerprint density at radius 1 is 1.13 bits per heavy atom. The molecule has 0 aliphatic heterocycles. The van der Waals surface area contributed by atoms with Crippen molar-refractivity contribution in [3.05, 3.63) is 53.6 Å². The smallest absolute Gasteiger partial charge is 0.255 e. The first-order valence-electron chi connectivity index (χ1n) is 7.46. The van der Waals surface area contributed by atoms with E-state index in [0.717, 1.165) is 6.42 Å². The number of benzene rings is 2. The molecule has 0 aliphatic rings. The Hall–Kier alpha value is -2.82. The molecule has 0 heterocycles. The maximum atomic E-state index is 12.3. The van der Waals surface area contributed by atoms with Crippen molar-refractivity contribution in [2.45, 2.75) is 20.3 Å². The molecule has 0 fully saturated rings. The molecule has 0 atom stereocenters. The lowest BCUT2D eigenvalue weighted by Gasteiger charge is -2.10. The highest BCUT2D eigenvalue weighted by molar-refractivity contribution is 6.05. The Kier molecular flexibility index (Phi) is 5.36. The number of rotatable bonds is 6. The molecule has 0 unspecified atom stereocenters. The fourth-order valence-corrected chi connectivity index (χ4v) is 2.05. The van der Waals surface area contributed by atoms with E-state index in [4.69, 9.17) is 10.5 Å². The number of hydrogen-bond donors (Lipinski definition) is 2. The summed E-state index contributed by atoms with van der Waals surface area (Å²) in [4.78, 5) is 23.7. The molecule has 120 valence electrons. The van der Waals surface area contributed by atoms with Crippen LogP contribution in [0.4, 0.5) is 11.4 Å². The highest BCUT2D eigenvalue weighted by Crippen LogP contribution is 2.23. The highest BCUT2D eigenvalue weighted by Gasteiger charge is 2.10. The number of nitrogen functional groups attached to an aromatic ring is 1. The van der Waals surface area contributed by atoms with Crippen LogP contribution in [0.5, 0.6) is 5.75 Å². The van der Waals surface area contributed by atoms with E-state index in [1.54, 1.807) is 42.5 Å². The summed E-state index contributed by atoms with van der Waals surface area (Å²) in [6.45, 7) is 4.07. The summed E-state index contributed by atoms with van der Waals surface area (Å²) in [5.41, 5.74) is 7.87. The van der Waals surface area contributed by atoms with Gasteiger partial charge in [-0.1, -0.05) is 19.1 Å². The molecular formula is C18H20N2O3. The fourth-order valence-electron chi connectivity index (χ4n) is 2.05. The van der Waals surface area contributed by atoms with Crippen LogP contribution in [0.15, 0.2) is 42.5 Å². The van der Waals surface area contributed by atoms with Gasteiger partial charge in [0.25, 0.3) is 5.91 Å². The highest BCUT2D eigenvalue weighted by atomic mass is 16.5. The third kappa shape index (κ3) is 4.32. The summed E-state index contributed by atoms with van der Waals surface area (Å²) >= 11 is 0. The number of ketones is 1. The summed E-state index contributed by atoms with van der Waals surface area (Å²) in [7, 11) is 0. The summed E-state index contributed by atoms with van der Waals surface area (Å²) in [5, 5.41) is 2.76. The topological polar surface area (TPSA) is 81.4 Å². The van der Waals surface area contributed by atoms with Crippen LogP contribution in [0.1, 0.15) is 41.0 Å². The molecule has 23 heavy (non-hydrogen) atoms. The second-order valence-electron chi connectivity index (χ2n) is 5.19. The number of nitrogens with one attached hydrogen (secondary N) is 1. The number of carbonyl (C=O) groups is 2. The molecule has 3 N–H and O–H groups in total. The molecule has 0 radical (unpaired) electrons. The van der Waals surface area contributed by atoms with Crippen LogP contribution in [0.2, 0.25) is 0 Å². The fraction of sp³-hybridized carbons (Fsp3) is 0.222. The minimum absolute atomic E-state index is 0.0530. The van der Waals surface area contributed by atoms with E-state index in [1.165, 1.54) is 6.92 Å². The zero-order chi connectivity index (χ0) is 16.8. The van der Waals surface area contributed by atoms with E-state index < -0.39 is 0 Å². The number of Topliss-reactive ketones (excluding diaryl/α,β-unsaturated/α-hetero) is 1. The van der Waals surface area contributed by atoms with Crippen LogP contribution in [-0.4, -0.2) is 18.3 Å². The Balaban J connectivity index is 2.13. The minimum Gasteiger partial charge on any atom is -0.491 e. The van der Waals surface area contributed by atoms with Gasteiger partial charge in [0.2, 0.25) is 0 Å². The average Bonchev–Trinajstić information content (AvgIpc) is 2.53. The van der Waals surface area contributed by atoms with E-state index in [1.807, 2.05) is 6.92 Å². The molecule has 0 bridgehead atoms. The van der Waals surface area contributed by atoms with Gasteiger partial charge < -0.3 is 15.8 Å². The normalized spacial score (nSPS) is 10.2. The molecule has 0 aromatic heterocycles. The van der Waals surface area contributed by atoms with Gasteiger partial charge in [-0.05, 0) is 43.7 Å². The van der Waals surface area contributed by atoms with Crippen molar-refractivity contribution in [2.24, 2.45) is 0 Å². The predicted octanol–water partition coefficient (Wildman–Crippen LogP) is 3.51. The van der Waals surface area contributed by atoms with Crippen molar-refractivity contribution in [2.75, 3.05) is 17.7 Å². The van der Waals surface area contributed by atoms with Crippen molar-refractivity contribution in [1.29, 1.82) is 0 Å². The first kappa shape index (κ1) is 16.5. The van der Waals surface area contributed by atoms with Crippen LogP contribution in [-0.2, 0) is 0 Å². The van der Waals surface area contributed by atoms with Gasteiger partial charge >= 0.3 is 0 Å². The van der Waals surface area contributed by atoms with Crippen molar-refractivity contribution < 1.29 is 14.3 Å². The zero-order valence-electron chi connectivity index (χ0n) is 13.3. The molecule has 0 aliphatic carbocycles. The summed E-state index contributed by atoms with van der Waals surface area (Å²) < 4.78 is 5.49. The van der Waals surface area contributed by atoms with Gasteiger partial charge in [-0.25, -0.2) is 0 Å². The second kappa shape index (κ2) is 7.45. The molecule has 0 saturated carbocycles. The van der Waals surface area contributed by atoms with Gasteiger partial charge in [0.05, 0.1) is 12.3 Å². The predicted molar refractivity (Wildman–Crippen MR) is 91.0 cm³/mol. The third-order valence-corrected chi connectivity index (χ3v) is 3.26. The molecule has 2 aromatic rings. The van der Waals surface area contributed by atoms with Gasteiger partial charge in [0.15, 0.2) is 5.78 Å². The summed E-state index contributed by atoms with van der Waals surface area (Å²) in [6, 6.07) is 11.7. The Morgan fingerprint density at radius 3 is 2.57 bits per heavy atom. The van der Waals surface area contributed by atoms with Crippen molar-refractivity contribution in [3.8, 4) is 5.75 Å². The van der Waals surface area contributed by atoms with Crippen LogP contribution in [0, 0.1) is 0 Å². The van der Waals surface area contributed by atoms with E-state index in [-0.39, 0.29) is 11.7 Å². The molecule has 2 aromatic carbocycles. The lowest BCUT2D eigenvalue weighted by atomic mass is 10.1. The van der Waals surface area contributed by atoms with E-state index in [9.17, 15) is 9.59 Å². The summed E-state index contributed by atoms with van der Waals surface area (Å²) in [6.07, 6.45) is 0.883. The number of carbonyl (C=O) groups excluding carboxylic acids is 2. The number of anilines is 2. The molecular weight excluding hydrogens is 292 g/mol. The van der Waals surface area contributed by atoms with Crippen LogP contribution >= 0.6 is 0 Å². The molecule has 0 spiro atoms. The zero-order valence-corrected chi connectivity index (χ0v) is 13.3. The van der Waals surface area contributed by atoms with Gasteiger partial charge in [-0.15, -0.1) is 0 Å². The molecule has 0 saturated heterocycles. The second-order valence-corrected chi connectivity index (χ2v) is 5.19. The number of nitrogens with two attached hydrogens (primary N) is 1. The average molecular weight is 312 g/mol. The van der Waals surface area contributed by atoms with Crippen molar-refractivity contribution in [1.82, 2.24) is 0 Å². The Labute approximate surface area is 135 Å². The monoisotopic (exact) mass is 312 g/mol. The maximum absolute atomic E-state index is 12.3. The van der Waals surface area contributed by atoms with Gasteiger partial charge in [0, 0.05) is 16.8 Å². The van der Waals surface area contributed by atoms with E-state index in [2.05, 4.69) is 5.32 Å². The number of ether oxygens (including phenoxy) is 1. The van der Waals surface area contributed by atoms with Gasteiger partial charge in [-0.3, -0.25) is 9.59 Å².